The number of ether oxygens (including phenoxy) is 1. The summed E-state index contributed by atoms with van der Waals surface area (Å²) in [5.74, 6) is -0.940. The molecule has 0 unspecified atom stereocenters. The summed E-state index contributed by atoms with van der Waals surface area (Å²) in [6.07, 6.45) is 0.926. The van der Waals surface area contributed by atoms with Crippen LogP contribution in [0.2, 0.25) is 0 Å². The second-order valence-corrected chi connectivity index (χ2v) is 12.5. The van der Waals surface area contributed by atoms with E-state index in [1.54, 1.807) is 0 Å². The van der Waals surface area contributed by atoms with Crippen molar-refractivity contribution in [2.75, 3.05) is 6.54 Å². The van der Waals surface area contributed by atoms with Crippen molar-refractivity contribution in [3.05, 3.63) is 71.8 Å². The lowest BCUT2D eigenvalue weighted by Crippen LogP contribution is -2.71. The van der Waals surface area contributed by atoms with Crippen LogP contribution in [0.4, 0.5) is 0 Å². The monoisotopic (exact) mass is 517 g/mol. The van der Waals surface area contributed by atoms with Crippen molar-refractivity contribution in [2.24, 2.45) is 0 Å². The van der Waals surface area contributed by atoms with E-state index in [9.17, 15) is 18.0 Å². The highest BCUT2D eigenvalue weighted by Crippen LogP contribution is 2.51. The van der Waals surface area contributed by atoms with Crippen LogP contribution < -0.4 is 9.44 Å². The van der Waals surface area contributed by atoms with Crippen molar-refractivity contribution in [2.45, 2.75) is 61.9 Å². The van der Waals surface area contributed by atoms with E-state index < -0.39 is 50.4 Å². The van der Waals surface area contributed by atoms with Gasteiger partial charge in [-0.1, -0.05) is 74.0 Å². The average molecular weight is 518 g/mol. The normalized spacial score (nSPS) is 23.1. The predicted octanol–water partition coefficient (Wildman–Crippen LogP) is 2.97. The summed E-state index contributed by atoms with van der Waals surface area (Å²) in [4.78, 5) is 28.0. The minimum Gasteiger partial charge on any atom is -0.451 e. The predicted molar refractivity (Wildman–Crippen MR) is 136 cm³/mol. The van der Waals surface area contributed by atoms with Crippen LogP contribution in [0.25, 0.3) is 0 Å². The summed E-state index contributed by atoms with van der Waals surface area (Å²) < 4.78 is 35.1. The third-order valence-corrected chi connectivity index (χ3v) is 8.93. The Kier molecular flexibility index (Phi) is 7.56. The first-order valence-corrected chi connectivity index (χ1v) is 14.1. The van der Waals surface area contributed by atoms with Crippen molar-refractivity contribution in [3.8, 4) is 0 Å². The summed E-state index contributed by atoms with van der Waals surface area (Å²) in [6, 6.07) is 17.1. The van der Waals surface area contributed by atoms with Crippen LogP contribution >= 0.6 is 11.8 Å². The van der Waals surface area contributed by atoms with Crippen LogP contribution in [0.1, 0.15) is 50.8 Å². The molecule has 0 saturated carbocycles. The summed E-state index contributed by atoms with van der Waals surface area (Å²) >= 11 is 1.40. The third kappa shape index (κ3) is 5.40. The first-order chi connectivity index (χ1) is 16.6. The zero-order valence-corrected chi connectivity index (χ0v) is 21.6. The van der Waals surface area contributed by atoms with E-state index in [0.717, 1.165) is 17.5 Å². The van der Waals surface area contributed by atoms with Crippen LogP contribution in [0, 0.1) is 0 Å². The maximum atomic E-state index is 13.5. The number of hydrogen-bond acceptors (Lipinski definition) is 6. The number of nitrogens with zero attached hydrogens (tertiary/aromatic N) is 1. The highest BCUT2D eigenvalue weighted by molar-refractivity contribution is 8.01. The van der Waals surface area contributed by atoms with Gasteiger partial charge in [-0.25, -0.2) is 9.52 Å². The number of carbonyl (C=O) groups excluding carboxylic acids is 2. The largest absolute Gasteiger partial charge is 0.451 e. The topological polar surface area (TPSA) is 105 Å². The number of thioether (sulfide) groups is 1. The van der Waals surface area contributed by atoms with Crippen molar-refractivity contribution >= 4 is 33.8 Å². The molecular formula is C25H31N3O5S2. The molecule has 0 radical (unpaired) electrons. The highest BCUT2D eigenvalue weighted by atomic mass is 32.2. The molecule has 188 valence electrons. The van der Waals surface area contributed by atoms with E-state index in [4.69, 9.17) is 4.74 Å². The Morgan fingerprint density at radius 1 is 1.09 bits per heavy atom. The fraction of sp³-hybridized carbons (Fsp3) is 0.440. The Hall–Kier alpha value is -2.40. The molecule has 0 aliphatic carbocycles. The van der Waals surface area contributed by atoms with E-state index in [1.807, 2.05) is 81.4 Å². The first kappa shape index (κ1) is 25.7. The average Bonchev–Trinajstić information content (AvgIpc) is 3.10. The molecule has 2 saturated heterocycles. The Morgan fingerprint density at radius 2 is 1.66 bits per heavy atom. The summed E-state index contributed by atoms with van der Waals surface area (Å²) in [6.45, 7) is 6.02. The smallest absolute Gasteiger partial charge is 0.331 e. The SMILES string of the molecule is CCCCNS(=O)(=O)N[C@@H]1C(=O)N2[C@@H]1SC(C)(C)[C@@H]2C(=O)OC(c1ccccc1)c1ccccc1. The van der Waals surface area contributed by atoms with Crippen LogP contribution in [0.3, 0.4) is 0 Å². The fourth-order valence-electron chi connectivity index (χ4n) is 4.46. The minimum atomic E-state index is -3.83. The molecule has 2 aliphatic rings. The molecule has 8 nitrogen and oxygen atoms in total. The molecule has 0 bridgehead atoms. The number of esters is 1. The van der Waals surface area contributed by atoms with Gasteiger partial charge in [-0.2, -0.15) is 13.1 Å². The zero-order valence-electron chi connectivity index (χ0n) is 20.0. The van der Waals surface area contributed by atoms with Gasteiger partial charge in [0.05, 0.1) is 0 Å². The molecule has 2 heterocycles. The Labute approximate surface area is 211 Å². The van der Waals surface area contributed by atoms with Gasteiger partial charge in [0.15, 0.2) is 6.10 Å². The molecule has 3 atom stereocenters. The lowest BCUT2D eigenvalue weighted by molar-refractivity contribution is -0.165. The quantitative estimate of drug-likeness (QED) is 0.285. The Bertz CT molecular complexity index is 1120. The van der Waals surface area contributed by atoms with Gasteiger partial charge >= 0.3 is 5.97 Å². The molecule has 2 aromatic carbocycles. The summed E-state index contributed by atoms with van der Waals surface area (Å²) in [7, 11) is -3.83. The number of carbonyl (C=O) groups is 2. The standard InChI is InChI=1S/C25H31N3O5S2/c1-4-5-16-26-35(31,32)27-19-22(29)28-21(25(2,3)34-23(19)28)24(30)33-20(17-12-8-6-9-13-17)18-14-10-7-11-15-18/h6-15,19-21,23,26-27H,4-5,16H2,1-3H3/t19-,21+,23-/m1/s1. The molecule has 4 rings (SSSR count). The molecule has 2 aliphatic heterocycles. The van der Waals surface area contributed by atoms with Gasteiger partial charge in [0.1, 0.15) is 17.5 Å². The highest BCUT2D eigenvalue weighted by Gasteiger charge is 2.65. The molecule has 0 spiro atoms. The number of nitrogens with one attached hydrogen (secondary N) is 2. The number of β-lactam (4-membered cyclic amide) rings is 1. The fourth-order valence-corrected chi connectivity index (χ4v) is 7.23. The number of benzene rings is 2. The van der Waals surface area contributed by atoms with Crippen LogP contribution in [-0.2, 0) is 24.5 Å². The van der Waals surface area contributed by atoms with Gasteiger partial charge < -0.3 is 9.64 Å². The Balaban J connectivity index is 1.52. The molecule has 2 aromatic rings. The molecule has 35 heavy (non-hydrogen) atoms. The lowest BCUT2D eigenvalue weighted by atomic mass is 9.96. The number of hydrogen-bond donors (Lipinski definition) is 2. The third-order valence-electron chi connectivity index (χ3n) is 6.21. The number of unbranched alkanes of at least 4 members (excludes halogenated alkanes) is 1. The van der Waals surface area contributed by atoms with Gasteiger partial charge in [-0.3, -0.25) is 4.79 Å². The lowest BCUT2D eigenvalue weighted by Gasteiger charge is -2.43. The zero-order chi connectivity index (χ0) is 25.2. The van der Waals surface area contributed by atoms with E-state index in [-0.39, 0.29) is 0 Å². The van der Waals surface area contributed by atoms with E-state index >= 15 is 0 Å². The molecule has 2 fully saturated rings. The second kappa shape index (κ2) is 10.3. The van der Waals surface area contributed by atoms with Gasteiger partial charge in [0.25, 0.3) is 10.2 Å². The van der Waals surface area contributed by atoms with E-state index in [2.05, 4.69) is 9.44 Å². The van der Waals surface area contributed by atoms with Crippen molar-refractivity contribution in [1.82, 2.24) is 14.3 Å². The first-order valence-electron chi connectivity index (χ1n) is 11.7. The Morgan fingerprint density at radius 3 is 2.20 bits per heavy atom. The molecular weight excluding hydrogens is 486 g/mol. The van der Waals surface area contributed by atoms with Gasteiger partial charge in [-0.15, -0.1) is 11.8 Å². The van der Waals surface area contributed by atoms with Gasteiger partial charge in [-0.05, 0) is 31.4 Å². The van der Waals surface area contributed by atoms with Crippen LogP contribution in [0.15, 0.2) is 60.7 Å². The van der Waals surface area contributed by atoms with E-state index in [0.29, 0.717) is 13.0 Å². The van der Waals surface area contributed by atoms with Crippen molar-refractivity contribution < 1.29 is 22.7 Å². The summed E-state index contributed by atoms with van der Waals surface area (Å²) in [5.41, 5.74) is 1.65. The maximum Gasteiger partial charge on any atom is 0.331 e. The maximum absolute atomic E-state index is 13.5. The number of fused-ring (bicyclic) bond motifs is 1. The van der Waals surface area contributed by atoms with Crippen LogP contribution in [-0.4, -0.2) is 53.9 Å². The van der Waals surface area contributed by atoms with Gasteiger partial charge in [0.2, 0.25) is 5.91 Å². The molecule has 10 heteroatoms. The van der Waals surface area contributed by atoms with Crippen molar-refractivity contribution in [3.63, 3.8) is 0 Å². The van der Waals surface area contributed by atoms with Crippen molar-refractivity contribution in [1.29, 1.82) is 0 Å². The van der Waals surface area contributed by atoms with Crippen LogP contribution in [0.5, 0.6) is 0 Å². The summed E-state index contributed by atoms with van der Waals surface area (Å²) in [5, 5.41) is -0.482. The van der Waals surface area contributed by atoms with Gasteiger partial charge in [0, 0.05) is 11.3 Å². The minimum absolute atomic E-state index is 0.301. The second-order valence-electron chi connectivity index (χ2n) is 9.25. The molecule has 2 N–H and O–H groups in total. The molecule has 1 amide bonds. The number of amides is 1. The van der Waals surface area contributed by atoms with E-state index in [1.165, 1.54) is 16.7 Å². The molecule has 0 aromatic heterocycles. The number of rotatable bonds is 10.